The molecule has 0 fully saturated rings. The van der Waals surface area contributed by atoms with Crippen LogP contribution in [0.1, 0.15) is 12.0 Å². The lowest BCUT2D eigenvalue weighted by atomic mass is 10.0. The molecule has 0 spiro atoms. The molecule has 0 saturated carbocycles. The molecule has 1 aliphatic rings. The summed E-state index contributed by atoms with van der Waals surface area (Å²) in [5.41, 5.74) is 11.0. The van der Waals surface area contributed by atoms with E-state index in [4.69, 9.17) is 10.7 Å². The van der Waals surface area contributed by atoms with Gasteiger partial charge in [-0.05, 0) is 36.6 Å². The second kappa shape index (κ2) is 7.17. The summed E-state index contributed by atoms with van der Waals surface area (Å²) in [7, 11) is 0. The van der Waals surface area contributed by atoms with Gasteiger partial charge in [-0.2, -0.15) is 5.10 Å². The van der Waals surface area contributed by atoms with Crippen LogP contribution in [0.15, 0.2) is 55.0 Å². The highest BCUT2D eigenvalue weighted by molar-refractivity contribution is 5.78. The summed E-state index contributed by atoms with van der Waals surface area (Å²) < 4.78 is 1.82. The fourth-order valence-electron chi connectivity index (χ4n) is 3.47. The third kappa shape index (κ3) is 3.55. The Bertz CT molecular complexity index is 929. The first-order valence-corrected chi connectivity index (χ1v) is 9.02. The van der Waals surface area contributed by atoms with Crippen LogP contribution in [0.3, 0.4) is 0 Å². The van der Waals surface area contributed by atoms with Crippen LogP contribution in [0.25, 0.3) is 16.8 Å². The van der Waals surface area contributed by atoms with Crippen molar-refractivity contribution in [2.45, 2.75) is 12.8 Å². The first-order chi connectivity index (χ1) is 12.7. The fourth-order valence-corrected chi connectivity index (χ4v) is 3.47. The predicted octanol–water partition coefficient (Wildman–Crippen LogP) is 2.53. The van der Waals surface area contributed by atoms with Crippen LogP contribution in [-0.4, -0.2) is 45.7 Å². The van der Waals surface area contributed by atoms with Crippen molar-refractivity contribution in [3.05, 3.63) is 60.6 Å². The Labute approximate surface area is 153 Å². The third-order valence-corrected chi connectivity index (χ3v) is 4.71. The number of benzene rings is 1. The van der Waals surface area contributed by atoms with Gasteiger partial charge in [-0.1, -0.05) is 30.8 Å². The van der Waals surface area contributed by atoms with Crippen LogP contribution in [0.2, 0.25) is 0 Å². The van der Waals surface area contributed by atoms with E-state index in [0.29, 0.717) is 5.70 Å². The molecule has 0 amide bonds. The number of nitrogens with two attached hydrogens (primary N) is 1. The quantitative estimate of drug-likeness (QED) is 0.745. The van der Waals surface area contributed by atoms with E-state index >= 15 is 0 Å². The Morgan fingerprint density at radius 1 is 1.27 bits per heavy atom. The van der Waals surface area contributed by atoms with Gasteiger partial charge in [0.1, 0.15) is 5.82 Å². The minimum absolute atomic E-state index is 0.705. The van der Waals surface area contributed by atoms with Crippen LogP contribution < -0.4 is 11.1 Å². The zero-order valence-electron chi connectivity index (χ0n) is 14.9. The van der Waals surface area contributed by atoms with Gasteiger partial charge in [-0.15, -0.1) is 0 Å². The smallest absolute Gasteiger partial charge is 0.165 e. The Kier molecular flexibility index (Phi) is 4.58. The Hall–Kier alpha value is -2.86. The zero-order valence-corrected chi connectivity index (χ0v) is 14.9. The maximum atomic E-state index is 5.84. The minimum atomic E-state index is 0.705. The molecule has 6 heteroatoms. The SMILES string of the molecule is C=C(N)CN1CCCc2cccc(c2)-c2cnn3ccc(nc23)NCC1. The first-order valence-electron chi connectivity index (χ1n) is 9.02. The molecule has 0 aliphatic carbocycles. The van der Waals surface area contributed by atoms with Crippen molar-refractivity contribution in [1.29, 1.82) is 0 Å². The van der Waals surface area contributed by atoms with Crippen LogP contribution in [-0.2, 0) is 6.42 Å². The van der Waals surface area contributed by atoms with Gasteiger partial charge in [-0.3, -0.25) is 4.90 Å². The molecule has 1 aliphatic heterocycles. The molecular weight excluding hydrogens is 324 g/mol. The molecule has 3 heterocycles. The van der Waals surface area contributed by atoms with E-state index in [1.807, 2.05) is 23.0 Å². The lowest BCUT2D eigenvalue weighted by Crippen LogP contribution is -2.33. The molecule has 0 radical (unpaired) electrons. The maximum absolute atomic E-state index is 5.84. The molecule has 3 aromatic rings. The van der Waals surface area contributed by atoms with Crippen molar-refractivity contribution < 1.29 is 0 Å². The molecule has 0 unspecified atom stereocenters. The van der Waals surface area contributed by atoms with Crippen molar-refractivity contribution in [2.75, 3.05) is 31.5 Å². The highest BCUT2D eigenvalue weighted by Crippen LogP contribution is 2.25. The van der Waals surface area contributed by atoms with E-state index in [9.17, 15) is 0 Å². The molecule has 1 aromatic carbocycles. The zero-order chi connectivity index (χ0) is 17.9. The van der Waals surface area contributed by atoms with E-state index in [2.05, 4.69) is 46.2 Å². The van der Waals surface area contributed by atoms with Gasteiger partial charge in [0.2, 0.25) is 0 Å². The van der Waals surface area contributed by atoms with Gasteiger partial charge in [0.05, 0.1) is 6.20 Å². The molecule has 26 heavy (non-hydrogen) atoms. The maximum Gasteiger partial charge on any atom is 0.165 e. The monoisotopic (exact) mass is 348 g/mol. The van der Waals surface area contributed by atoms with Crippen LogP contribution in [0.4, 0.5) is 5.82 Å². The average Bonchev–Trinajstić information content (AvgIpc) is 3.04. The minimum Gasteiger partial charge on any atom is -0.401 e. The van der Waals surface area contributed by atoms with Gasteiger partial charge >= 0.3 is 0 Å². The van der Waals surface area contributed by atoms with Crippen LogP contribution in [0, 0.1) is 0 Å². The van der Waals surface area contributed by atoms with Crippen molar-refractivity contribution >= 4 is 11.5 Å². The highest BCUT2D eigenvalue weighted by Gasteiger charge is 2.12. The number of rotatable bonds is 2. The number of aryl methyl sites for hydroxylation is 1. The van der Waals surface area contributed by atoms with Gasteiger partial charge in [0.15, 0.2) is 5.65 Å². The Morgan fingerprint density at radius 3 is 3.08 bits per heavy atom. The fraction of sp³-hybridized carbons (Fsp3) is 0.300. The van der Waals surface area contributed by atoms with Crippen LogP contribution >= 0.6 is 0 Å². The lowest BCUT2D eigenvalue weighted by molar-refractivity contribution is 0.302. The van der Waals surface area contributed by atoms with Crippen molar-refractivity contribution in [3.8, 4) is 11.1 Å². The van der Waals surface area contributed by atoms with Gasteiger partial charge < -0.3 is 11.1 Å². The number of anilines is 1. The number of aromatic nitrogens is 3. The van der Waals surface area contributed by atoms with Crippen LogP contribution in [0.5, 0.6) is 0 Å². The summed E-state index contributed by atoms with van der Waals surface area (Å²) in [6.45, 7) is 7.28. The summed E-state index contributed by atoms with van der Waals surface area (Å²) in [5, 5.41) is 7.86. The normalized spacial score (nSPS) is 15.5. The summed E-state index contributed by atoms with van der Waals surface area (Å²) in [6.07, 6.45) is 5.96. The van der Waals surface area contributed by atoms with E-state index < -0.39 is 0 Å². The molecular formula is C20H24N6. The Balaban J connectivity index is 1.71. The van der Waals surface area contributed by atoms with Crippen molar-refractivity contribution in [2.24, 2.45) is 5.73 Å². The lowest BCUT2D eigenvalue weighted by Gasteiger charge is -2.22. The largest absolute Gasteiger partial charge is 0.401 e. The molecule has 134 valence electrons. The number of fused-ring (bicyclic) bond motifs is 4. The summed E-state index contributed by atoms with van der Waals surface area (Å²) in [6, 6.07) is 10.6. The number of nitrogens with one attached hydrogen (secondary N) is 1. The average molecular weight is 348 g/mol. The summed E-state index contributed by atoms with van der Waals surface area (Å²) >= 11 is 0. The Morgan fingerprint density at radius 2 is 2.19 bits per heavy atom. The molecule has 4 bridgehead atoms. The van der Waals surface area contributed by atoms with Crippen molar-refractivity contribution in [1.82, 2.24) is 19.5 Å². The number of hydrogen-bond donors (Lipinski definition) is 2. The van der Waals surface area contributed by atoms with Gasteiger partial charge in [-0.25, -0.2) is 9.50 Å². The van der Waals surface area contributed by atoms with Crippen molar-refractivity contribution in [3.63, 3.8) is 0 Å². The third-order valence-electron chi connectivity index (χ3n) is 4.71. The second-order valence-corrected chi connectivity index (χ2v) is 6.80. The summed E-state index contributed by atoms with van der Waals surface area (Å²) in [5.74, 6) is 0.860. The molecule has 4 rings (SSSR count). The number of nitrogens with zero attached hydrogens (tertiary/aromatic N) is 4. The highest BCUT2D eigenvalue weighted by atomic mass is 15.3. The van der Waals surface area contributed by atoms with Gasteiger partial charge in [0, 0.05) is 37.1 Å². The van der Waals surface area contributed by atoms with Gasteiger partial charge in [0.25, 0.3) is 0 Å². The van der Waals surface area contributed by atoms with E-state index in [1.54, 1.807) is 0 Å². The first kappa shape index (κ1) is 16.6. The molecule has 2 aromatic heterocycles. The topological polar surface area (TPSA) is 71.5 Å². The van der Waals surface area contributed by atoms with E-state index in [-0.39, 0.29) is 0 Å². The molecule has 6 nitrogen and oxygen atoms in total. The summed E-state index contributed by atoms with van der Waals surface area (Å²) in [4.78, 5) is 7.11. The van der Waals surface area contributed by atoms with E-state index in [0.717, 1.165) is 61.6 Å². The standard InChI is InChI=1S/C20H24N6/c1-15(21)14-25-9-3-5-16-4-2-6-17(12-16)18-13-23-26-10-7-19(22-8-11-25)24-20(18)26/h2,4,6-7,10,12-13H,1,3,5,8-9,11,14,21H2,(H,22,24). The number of hydrogen-bond acceptors (Lipinski definition) is 5. The second-order valence-electron chi connectivity index (χ2n) is 6.80. The molecule has 0 atom stereocenters. The van der Waals surface area contributed by atoms with E-state index in [1.165, 1.54) is 5.56 Å². The predicted molar refractivity (Wildman–Crippen MR) is 105 cm³/mol. The molecule has 3 N–H and O–H groups in total. The molecule has 0 saturated heterocycles.